The van der Waals surface area contributed by atoms with E-state index in [-0.39, 0.29) is 5.91 Å². The number of fused-ring (bicyclic) bond motifs is 1. The number of carbonyl (C=O) groups is 2. The summed E-state index contributed by atoms with van der Waals surface area (Å²) in [4.78, 5) is 23.4. The van der Waals surface area contributed by atoms with Crippen molar-refractivity contribution >= 4 is 22.6 Å². The Morgan fingerprint density at radius 3 is 2.55 bits per heavy atom. The Morgan fingerprint density at radius 1 is 1.20 bits per heavy atom. The maximum absolute atomic E-state index is 12.1. The van der Waals surface area contributed by atoms with E-state index in [9.17, 15) is 9.59 Å². The zero-order valence-corrected chi connectivity index (χ0v) is 11.0. The number of rotatable bonds is 5. The van der Waals surface area contributed by atoms with Gasteiger partial charge < -0.3 is 11.1 Å². The second-order valence-corrected chi connectivity index (χ2v) is 4.51. The van der Waals surface area contributed by atoms with E-state index >= 15 is 0 Å². The smallest absolute Gasteiger partial charge is 0.251 e. The van der Waals surface area contributed by atoms with Crippen molar-refractivity contribution in [3.05, 3.63) is 60.7 Å². The van der Waals surface area contributed by atoms with Gasteiger partial charge in [0.25, 0.3) is 5.91 Å². The van der Waals surface area contributed by atoms with Crippen LogP contribution in [0, 0.1) is 0 Å². The van der Waals surface area contributed by atoms with E-state index in [1.54, 1.807) is 18.2 Å². The Kier molecular flexibility index (Phi) is 4.15. The summed E-state index contributed by atoms with van der Waals surface area (Å²) in [7, 11) is 0. The normalized spacial score (nSPS) is 11.8. The molecule has 0 aliphatic heterocycles. The molecule has 0 radical (unpaired) electrons. The topological polar surface area (TPSA) is 72.2 Å². The van der Waals surface area contributed by atoms with Gasteiger partial charge in [0.15, 0.2) is 0 Å². The van der Waals surface area contributed by atoms with Crippen LogP contribution in [-0.4, -0.2) is 17.9 Å². The third-order valence-corrected chi connectivity index (χ3v) is 3.06. The van der Waals surface area contributed by atoms with Crippen molar-refractivity contribution in [1.82, 2.24) is 5.32 Å². The average molecular weight is 268 g/mol. The van der Waals surface area contributed by atoms with Crippen molar-refractivity contribution in [2.45, 2.75) is 12.5 Å². The molecule has 4 heteroatoms. The highest BCUT2D eigenvalue weighted by molar-refractivity contribution is 6.00. The number of benzene rings is 2. The second kappa shape index (κ2) is 6.02. The van der Waals surface area contributed by atoms with Crippen LogP contribution >= 0.6 is 0 Å². The molecular weight excluding hydrogens is 252 g/mol. The second-order valence-electron chi connectivity index (χ2n) is 4.51. The predicted octanol–water partition coefficient (Wildman–Crippen LogP) is 2.00. The molecule has 2 aromatic carbocycles. The zero-order chi connectivity index (χ0) is 14.5. The van der Waals surface area contributed by atoms with E-state index in [4.69, 9.17) is 5.73 Å². The first kappa shape index (κ1) is 13.8. The standard InChI is InChI=1S/C16H16N2O2/c1-2-5-14(15(17)19)18-16(20)13-9-8-11-6-3-4-7-12(11)10-13/h2-4,6-10,14H,1,5H2,(H2,17,19)(H,18,20)/t14-/m1/s1. The largest absolute Gasteiger partial charge is 0.368 e. The molecule has 3 N–H and O–H groups in total. The number of carbonyl (C=O) groups excluding carboxylic acids is 2. The molecule has 2 rings (SSSR count). The van der Waals surface area contributed by atoms with E-state index in [1.807, 2.05) is 30.3 Å². The lowest BCUT2D eigenvalue weighted by atomic mass is 10.1. The van der Waals surface area contributed by atoms with Gasteiger partial charge in [-0.05, 0) is 29.3 Å². The lowest BCUT2D eigenvalue weighted by Gasteiger charge is -2.13. The van der Waals surface area contributed by atoms with Crippen LogP contribution in [0.4, 0.5) is 0 Å². The number of hydrogen-bond donors (Lipinski definition) is 2. The third-order valence-electron chi connectivity index (χ3n) is 3.06. The van der Waals surface area contributed by atoms with Crippen LogP contribution in [0.25, 0.3) is 10.8 Å². The molecule has 0 spiro atoms. The van der Waals surface area contributed by atoms with Crippen molar-refractivity contribution in [1.29, 1.82) is 0 Å². The molecule has 1 atom stereocenters. The Balaban J connectivity index is 2.22. The van der Waals surface area contributed by atoms with Crippen molar-refractivity contribution < 1.29 is 9.59 Å². The van der Waals surface area contributed by atoms with Gasteiger partial charge in [-0.2, -0.15) is 0 Å². The molecule has 0 bridgehead atoms. The summed E-state index contributed by atoms with van der Waals surface area (Å²) in [5.74, 6) is -0.888. The predicted molar refractivity (Wildman–Crippen MR) is 79.2 cm³/mol. The molecule has 0 saturated carbocycles. The van der Waals surface area contributed by atoms with E-state index in [1.165, 1.54) is 0 Å². The maximum atomic E-state index is 12.1. The van der Waals surface area contributed by atoms with Gasteiger partial charge in [-0.3, -0.25) is 9.59 Å². The summed E-state index contributed by atoms with van der Waals surface area (Å²) in [5, 5.41) is 4.64. The molecule has 2 amide bonds. The van der Waals surface area contributed by atoms with E-state index in [0.29, 0.717) is 12.0 Å². The SMILES string of the molecule is C=CC[C@@H](NC(=O)c1ccc2ccccc2c1)C(N)=O. The molecule has 0 unspecified atom stereocenters. The van der Waals surface area contributed by atoms with Gasteiger partial charge in [-0.1, -0.05) is 36.4 Å². The number of nitrogens with two attached hydrogens (primary N) is 1. The molecule has 2 aromatic rings. The van der Waals surface area contributed by atoms with Crippen LogP contribution in [0.1, 0.15) is 16.8 Å². The molecule has 0 aliphatic carbocycles. The minimum atomic E-state index is -0.730. The van der Waals surface area contributed by atoms with E-state index in [2.05, 4.69) is 11.9 Å². The van der Waals surface area contributed by atoms with Crippen LogP contribution in [0.3, 0.4) is 0 Å². The first-order valence-corrected chi connectivity index (χ1v) is 6.31. The summed E-state index contributed by atoms with van der Waals surface area (Å²) >= 11 is 0. The molecule has 0 saturated heterocycles. The van der Waals surface area contributed by atoms with Crippen molar-refractivity contribution in [3.63, 3.8) is 0 Å². The lowest BCUT2D eigenvalue weighted by molar-refractivity contribution is -0.119. The number of amides is 2. The van der Waals surface area contributed by atoms with Crippen LogP contribution in [0.2, 0.25) is 0 Å². The van der Waals surface area contributed by atoms with Gasteiger partial charge in [-0.15, -0.1) is 6.58 Å². The maximum Gasteiger partial charge on any atom is 0.251 e. The van der Waals surface area contributed by atoms with Crippen molar-refractivity contribution in [3.8, 4) is 0 Å². The zero-order valence-electron chi connectivity index (χ0n) is 11.0. The minimum Gasteiger partial charge on any atom is -0.368 e. The van der Waals surface area contributed by atoms with E-state index in [0.717, 1.165) is 10.8 Å². The summed E-state index contributed by atoms with van der Waals surface area (Å²) in [6, 6.07) is 12.4. The Labute approximate surface area is 117 Å². The summed E-state index contributed by atoms with van der Waals surface area (Å²) in [5.41, 5.74) is 5.74. The fourth-order valence-electron chi connectivity index (χ4n) is 1.99. The number of primary amides is 1. The first-order chi connectivity index (χ1) is 9.61. The Hall–Kier alpha value is -2.62. The molecule has 0 heterocycles. The van der Waals surface area contributed by atoms with Crippen molar-refractivity contribution in [2.75, 3.05) is 0 Å². The fraction of sp³-hybridized carbons (Fsp3) is 0.125. The average Bonchev–Trinajstić information content (AvgIpc) is 2.46. The monoisotopic (exact) mass is 268 g/mol. The van der Waals surface area contributed by atoms with Gasteiger partial charge >= 0.3 is 0 Å². The van der Waals surface area contributed by atoms with Gasteiger partial charge in [0.2, 0.25) is 5.91 Å². The minimum absolute atomic E-state index is 0.314. The Morgan fingerprint density at radius 2 is 1.90 bits per heavy atom. The fourth-order valence-corrected chi connectivity index (χ4v) is 1.99. The van der Waals surface area contributed by atoms with Crippen LogP contribution in [0.15, 0.2) is 55.1 Å². The van der Waals surface area contributed by atoms with Crippen LogP contribution in [0.5, 0.6) is 0 Å². The Bertz CT molecular complexity index is 664. The highest BCUT2D eigenvalue weighted by atomic mass is 16.2. The summed E-state index contributed by atoms with van der Waals surface area (Å²) in [6.07, 6.45) is 1.87. The molecule has 0 aliphatic rings. The highest BCUT2D eigenvalue weighted by Crippen LogP contribution is 2.15. The van der Waals surface area contributed by atoms with Crippen LogP contribution in [-0.2, 0) is 4.79 Å². The van der Waals surface area contributed by atoms with Gasteiger partial charge in [0.05, 0.1) is 0 Å². The van der Waals surface area contributed by atoms with E-state index < -0.39 is 11.9 Å². The first-order valence-electron chi connectivity index (χ1n) is 6.31. The highest BCUT2D eigenvalue weighted by Gasteiger charge is 2.17. The molecular formula is C16H16N2O2. The summed E-state index contributed by atoms with van der Waals surface area (Å²) < 4.78 is 0. The molecule has 4 nitrogen and oxygen atoms in total. The van der Waals surface area contributed by atoms with Crippen molar-refractivity contribution in [2.24, 2.45) is 5.73 Å². The van der Waals surface area contributed by atoms with Gasteiger partial charge in [-0.25, -0.2) is 0 Å². The summed E-state index contributed by atoms with van der Waals surface area (Å²) in [6.45, 7) is 3.54. The molecule has 0 aromatic heterocycles. The van der Waals surface area contributed by atoms with Crippen LogP contribution < -0.4 is 11.1 Å². The molecule has 20 heavy (non-hydrogen) atoms. The third kappa shape index (κ3) is 3.03. The quantitative estimate of drug-likeness (QED) is 0.814. The number of nitrogens with one attached hydrogen (secondary N) is 1. The molecule has 102 valence electrons. The lowest BCUT2D eigenvalue weighted by Crippen LogP contribution is -2.44. The van der Waals surface area contributed by atoms with Gasteiger partial charge in [0.1, 0.15) is 6.04 Å². The van der Waals surface area contributed by atoms with Gasteiger partial charge in [0, 0.05) is 5.56 Å². The molecule has 0 fully saturated rings. The number of hydrogen-bond acceptors (Lipinski definition) is 2.